The highest BCUT2D eigenvalue weighted by Gasteiger charge is 2.38. The molecule has 10 heteroatoms. The summed E-state index contributed by atoms with van der Waals surface area (Å²) in [6.45, 7) is 11.5. The molecule has 0 spiro atoms. The zero-order valence-corrected chi connectivity index (χ0v) is 22.8. The van der Waals surface area contributed by atoms with Crippen LogP contribution in [0.1, 0.15) is 30.8 Å². The highest BCUT2D eigenvalue weighted by molar-refractivity contribution is 7.19. The first-order valence-corrected chi connectivity index (χ1v) is 13.8. The number of amides is 1. The number of hydrogen-bond donors (Lipinski definition) is 1. The molecule has 0 aliphatic carbocycles. The van der Waals surface area contributed by atoms with E-state index in [4.69, 9.17) is 9.97 Å². The van der Waals surface area contributed by atoms with Crippen LogP contribution in [0.2, 0.25) is 0 Å². The number of aryl methyl sites for hydroxylation is 1. The molecule has 0 unspecified atom stereocenters. The molecule has 6 heterocycles. The van der Waals surface area contributed by atoms with Crippen molar-refractivity contribution in [1.82, 2.24) is 29.6 Å². The van der Waals surface area contributed by atoms with E-state index < -0.39 is 5.54 Å². The van der Waals surface area contributed by atoms with Crippen LogP contribution in [-0.2, 0) is 10.3 Å². The quantitative estimate of drug-likeness (QED) is 0.434. The number of carbonyl (C=O) groups excluding carboxylic acids is 1. The van der Waals surface area contributed by atoms with Crippen LogP contribution in [0.4, 0.5) is 11.8 Å². The third kappa shape index (κ3) is 4.53. The molecule has 0 bridgehead atoms. The van der Waals surface area contributed by atoms with Gasteiger partial charge >= 0.3 is 0 Å². The highest BCUT2D eigenvalue weighted by atomic mass is 32.1. The summed E-state index contributed by atoms with van der Waals surface area (Å²) in [5.74, 6) is 1.74. The van der Waals surface area contributed by atoms with E-state index in [2.05, 4.69) is 45.0 Å². The Labute approximate surface area is 221 Å². The van der Waals surface area contributed by atoms with Crippen molar-refractivity contribution in [2.24, 2.45) is 5.92 Å². The summed E-state index contributed by atoms with van der Waals surface area (Å²) in [5, 5.41) is 3.27. The van der Waals surface area contributed by atoms with Crippen LogP contribution in [-0.4, -0.2) is 76.5 Å². The van der Waals surface area contributed by atoms with E-state index in [-0.39, 0.29) is 11.8 Å². The number of nitrogens with zero attached hydrogens (tertiary/aromatic N) is 7. The number of aromatic nitrogens is 4. The van der Waals surface area contributed by atoms with Crippen LogP contribution < -0.4 is 15.1 Å². The molecule has 0 saturated carbocycles. The van der Waals surface area contributed by atoms with Crippen LogP contribution in [0, 0.1) is 12.8 Å². The lowest BCUT2D eigenvalue weighted by Crippen LogP contribution is -2.57. The molecule has 2 aliphatic heterocycles. The minimum atomic E-state index is -0.543. The number of anilines is 2. The third-order valence-corrected chi connectivity index (χ3v) is 8.55. The van der Waals surface area contributed by atoms with Crippen LogP contribution in [0.5, 0.6) is 0 Å². The lowest BCUT2D eigenvalue weighted by Gasteiger charge is -2.41. The molecular formula is C27H34N8OS. The topological polar surface area (TPSA) is 81.9 Å². The molecular weight excluding hydrogens is 484 g/mol. The molecule has 37 heavy (non-hydrogen) atoms. The number of likely N-dealkylation sites (N-methyl/N-ethyl adjacent to an activating group) is 1. The standard InChI is InChI=1S/C27H34N8OS/c1-18-14-20-23(37-18)24(30-26(29-20)33-10-7-9-32(4)12-13-33)34-16-19(17-34)25(36)31-27(2,3)21-15-28-22-8-5-6-11-35(21)22/h5-6,8,11,14-15,19H,7,9-10,12-13,16-17H2,1-4H3,(H,31,36). The van der Waals surface area contributed by atoms with Gasteiger partial charge in [0.1, 0.15) is 5.65 Å². The molecule has 2 saturated heterocycles. The molecule has 6 rings (SSSR count). The molecule has 2 fully saturated rings. The maximum atomic E-state index is 13.3. The second-order valence-electron chi connectivity index (χ2n) is 10.9. The number of fused-ring (bicyclic) bond motifs is 2. The second kappa shape index (κ2) is 9.25. The van der Waals surface area contributed by atoms with Gasteiger partial charge in [0.05, 0.1) is 33.6 Å². The Morgan fingerprint density at radius 2 is 1.95 bits per heavy atom. The van der Waals surface area contributed by atoms with Crippen LogP contribution in [0.3, 0.4) is 0 Å². The first-order valence-electron chi connectivity index (χ1n) is 13.0. The monoisotopic (exact) mass is 518 g/mol. The Kier molecular flexibility index (Phi) is 6.03. The molecule has 0 radical (unpaired) electrons. The molecule has 1 amide bonds. The molecule has 4 aromatic heterocycles. The van der Waals surface area contributed by atoms with Crippen molar-refractivity contribution in [2.45, 2.75) is 32.7 Å². The number of rotatable bonds is 5. The summed E-state index contributed by atoms with van der Waals surface area (Å²) in [5.41, 5.74) is 2.30. The van der Waals surface area contributed by atoms with Crippen LogP contribution >= 0.6 is 11.3 Å². The Hall–Kier alpha value is -3.24. The first-order chi connectivity index (χ1) is 17.8. The average molecular weight is 519 g/mol. The van der Waals surface area contributed by atoms with Crippen molar-refractivity contribution in [1.29, 1.82) is 0 Å². The van der Waals surface area contributed by atoms with E-state index in [0.29, 0.717) is 13.1 Å². The molecule has 1 N–H and O–H groups in total. The molecule has 4 aromatic rings. The maximum absolute atomic E-state index is 13.3. The van der Waals surface area contributed by atoms with Gasteiger partial charge in [-0.25, -0.2) is 9.97 Å². The third-order valence-electron chi connectivity index (χ3n) is 7.51. The van der Waals surface area contributed by atoms with E-state index in [1.165, 1.54) is 4.88 Å². The second-order valence-corrected chi connectivity index (χ2v) is 12.1. The van der Waals surface area contributed by atoms with Gasteiger partial charge in [0.25, 0.3) is 0 Å². The summed E-state index contributed by atoms with van der Waals surface area (Å²) in [6, 6.07) is 8.07. The SMILES string of the molecule is Cc1cc2nc(N3CCCN(C)CC3)nc(N3CC(C(=O)NC(C)(C)c4cnc5ccccn45)C3)c2s1. The van der Waals surface area contributed by atoms with E-state index in [9.17, 15) is 4.79 Å². The van der Waals surface area contributed by atoms with Crippen molar-refractivity contribution in [3.05, 3.63) is 47.2 Å². The van der Waals surface area contributed by atoms with Crippen molar-refractivity contribution < 1.29 is 4.79 Å². The maximum Gasteiger partial charge on any atom is 0.228 e. The average Bonchev–Trinajstić information content (AvgIpc) is 3.36. The lowest BCUT2D eigenvalue weighted by atomic mass is 9.95. The Morgan fingerprint density at radius 1 is 1.11 bits per heavy atom. The molecule has 0 aromatic carbocycles. The largest absolute Gasteiger partial charge is 0.354 e. The number of imidazole rings is 1. The number of thiophene rings is 1. The van der Waals surface area contributed by atoms with Crippen molar-refractivity contribution in [3.63, 3.8) is 0 Å². The van der Waals surface area contributed by atoms with Crippen molar-refractivity contribution in [3.8, 4) is 0 Å². The Morgan fingerprint density at radius 3 is 2.78 bits per heavy atom. The summed E-state index contributed by atoms with van der Waals surface area (Å²) >= 11 is 1.73. The number of nitrogens with one attached hydrogen (secondary N) is 1. The van der Waals surface area contributed by atoms with Gasteiger partial charge in [0, 0.05) is 43.8 Å². The zero-order valence-electron chi connectivity index (χ0n) is 21.9. The summed E-state index contributed by atoms with van der Waals surface area (Å²) in [7, 11) is 2.17. The highest BCUT2D eigenvalue weighted by Crippen LogP contribution is 2.36. The summed E-state index contributed by atoms with van der Waals surface area (Å²) in [6.07, 6.45) is 4.94. The van der Waals surface area contributed by atoms with Crippen LogP contribution in [0.15, 0.2) is 36.7 Å². The van der Waals surface area contributed by atoms with Crippen molar-refractivity contribution >= 4 is 44.9 Å². The zero-order chi connectivity index (χ0) is 25.7. The number of pyridine rings is 1. The fourth-order valence-electron chi connectivity index (χ4n) is 5.31. The fourth-order valence-corrected chi connectivity index (χ4v) is 6.28. The minimum absolute atomic E-state index is 0.0653. The smallest absolute Gasteiger partial charge is 0.228 e. The van der Waals surface area contributed by atoms with Gasteiger partial charge in [-0.05, 0) is 59.0 Å². The van der Waals surface area contributed by atoms with Gasteiger partial charge in [-0.15, -0.1) is 11.3 Å². The fraction of sp³-hybridized carbons (Fsp3) is 0.481. The normalized spacial score (nSPS) is 17.8. The van der Waals surface area contributed by atoms with Gasteiger partial charge < -0.3 is 24.4 Å². The van der Waals surface area contributed by atoms with E-state index in [1.54, 1.807) is 11.3 Å². The minimum Gasteiger partial charge on any atom is -0.354 e. The van der Waals surface area contributed by atoms with E-state index in [0.717, 1.165) is 65.9 Å². The van der Waals surface area contributed by atoms with Gasteiger partial charge in [0.15, 0.2) is 5.82 Å². The number of hydrogen-bond acceptors (Lipinski definition) is 8. The predicted octanol–water partition coefficient (Wildman–Crippen LogP) is 3.28. The molecule has 194 valence electrons. The van der Waals surface area contributed by atoms with Gasteiger partial charge in [-0.1, -0.05) is 6.07 Å². The number of carbonyl (C=O) groups is 1. The Bertz CT molecular complexity index is 1450. The van der Waals surface area contributed by atoms with E-state index in [1.807, 2.05) is 48.8 Å². The van der Waals surface area contributed by atoms with Crippen molar-refractivity contribution in [2.75, 3.05) is 56.1 Å². The van der Waals surface area contributed by atoms with Gasteiger partial charge in [-0.2, -0.15) is 4.98 Å². The lowest BCUT2D eigenvalue weighted by molar-refractivity contribution is -0.127. The summed E-state index contributed by atoms with van der Waals surface area (Å²) in [4.78, 5) is 35.9. The summed E-state index contributed by atoms with van der Waals surface area (Å²) < 4.78 is 3.14. The molecule has 9 nitrogen and oxygen atoms in total. The molecule has 2 aliphatic rings. The first kappa shape index (κ1) is 24.1. The van der Waals surface area contributed by atoms with Crippen LogP contribution in [0.25, 0.3) is 15.9 Å². The molecule has 0 atom stereocenters. The Balaban J connectivity index is 1.19. The van der Waals surface area contributed by atoms with Gasteiger partial charge in [-0.3, -0.25) is 4.79 Å². The van der Waals surface area contributed by atoms with Gasteiger partial charge in [0.2, 0.25) is 11.9 Å². The van der Waals surface area contributed by atoms with E-state index >= 15 is 0 Å². The predicted molar refractivity (Wildman–Crippen MR) is 149 cm³/mol.